The largest absolute Gasteiger partial charge is 0.338 e. The van der Waals surface area contributed by atoms with Crippen molar-refractivity contribution in [1.82, 2.24) is 4.90 Å². The van der Waals surface area contributed by atoms with E-state index in [1.165, 1.54) is 47.4 Å². The fraction of sp³-hybridized carbons (Fsp3) is 0.278. The van der Waals surface area contributed by atoms with E-state index in [1.807, 2.05) is 0 Å². The summed E-state index contributed by atoms with van der Waals surface area (Å²) in [7, 11) is -3.63. The second-order valence-electron chi connectivity index (χ2n) is 6.26. The van der Waals surface area contributed by atoms with Crippen molar-refractivity contribution >= 4 is 21.4 Å². The molecule has 142 valence electrons. The number of carbonyl (C=O) groups excluding carboxylic acids is 1. The number of rotatable bonds is 3. The topological polar surface area (TPSA) is 97.6 Å². The molecule has 3 rings (SSSR count). The van der Waals surface area contributed by atoms with Gasteiger partial charge in [0.25, 0.3) is 11.6 Å². The molecule has 1 aliphatic heterocycles. The molecule has 1 aliphatic rings. The number of benzene rings is 2. The van der Waals surface area contributed by atoms with E-state index in [2.05, 4.69) is 0 Å². The van der Waals surface area contributed by atoms with Crippen molar-refractivity contribution in [2.45, 2.75) is 11.7 Å². The number of halogens is 1. The van der Waals surface area contributed by atoms with E-state index in [0.29, 0.717) is 0 Å². The van der Waals surface area contributed by atoms with E-state index in [0.717, 1.165) is 0 Å². The molecule has 2 aromatic rings. The van der Waals surface area contributed by atoms with Gasteiger partial charge in [0.1, 0.15) is 5.82 Å². The third kappa shape index (κ3) is 3.97. The van der Waals surface area contributed by atoms with E-state index in [4.69, 9.17) is 0 Å². The van der Waals surface area contributed by atoms with Crippen molar-refractivity contribution in [2.75, 3.05) is 18.8 Å². The lowest BCUT2D eigenvalue weighted by Gasteiger charge is -2.20. The molecule has 0 saturated carbocycles. The molecule has 1 unspecified atom stereocenters. The van der Waals surface area contributed by atoms with Crippen LogP contribution in [0.15, 0.2) is 48.5 Å². The molecule has 0 aliphatic carbocycles. The number of hydrogen-bond donors (Lipinski definition) is 0. The maximum Gasteiger partial charge on any atom is 0.269 e. The average Bonchev–Trinajstić information content (AvgIpc) is 2.80. The number of carbonyl (C=O) groups is 1. The Balaban J connectivity index is 1.81. The van der Waals surface area contributed by atoms with Crippen molar-refractivity contribution in [3.63, 3.8) is 0 Å². The molecule has 0 spiro atoms. The first-order chi connectivity index (χ1) is 12.8. The van der Waals surface area contributed by atoms with Gasteiger partial charge in [-0.3, -0.25) is 14.9 Å². The van der Waals surface area contributed by atoms with Crippen molar-refractivity contribution < 1.29 is 22.5 Å². The molecule has 2 aromatic carbocycles. The summed E-state index contributed by atoms with van der Waals surface area (Å²) in [6.07, 6.45) is 0.0853. The minimum absolute atomic E-state index is 0.0108. The summed E-state index contributed by atoms with van der Waals surface area (Å²) in [6.45, 7) is 0.136. The minimum Gasteiger partial charge on any atom is -0.338 e. The van der Waals surface area contributed by atoms with E-state index in [1.54, 1.807) is 6.07 Å². The SMILES string of the molecule is O=C(c1ccc([N+](=O)[O-])cc1)N1CCC(c2ccccc2F)S(=O)(=O)CC1. The van der Waals surface area contributed by atoms with Gasteiger partial charge in [-0.2, -0.15) is 0 Å². The lowest BCUT2D eigenvalue weighted by atomic mass is 10.1. The quantitative estimate of drug-likeness (QED) is 0.591. The van der Waals surface area contributed by atoms with Gasteiger partial charge in [0.2, 0.25) is 0 Å². The molecule has 1 fully saturated rings. The van der Waals surface area contributed by atoms with Gasteiger partial charge in [0, 0.05) is 36.3 Å². The van der Waals surface area contributed by atoms with Crippen LogP contribution in [0.3, 0.4) is 0 Å². The number of amides is 1. The Morgan fingerprint density at radius 3 is 2.41 bits per heavy atom. The van der Waals surface area contributed by atoms with Crippen molar-refractivity contribution in [3.05, 3.63) is 75.6 Å². The molecule has 0 N–H and O–H groups in total. The van der Waals surface area contributed by atoms with Gasteiger partial charge >= 0.3 is 0 Å². The molecule has 27 heavy (non-hydrogen) atoms. The Morgan fingerprint density at radius 2 is 1.78 bits per heavy atom. The minimum atomic E-state index is -3.63. The fourth-order valence-corrected chi connectivity index (χ4v) is 4.94. The van der Waals surface area contributed by atoms with E-state index in [9.17, 15) is 27.7 Å². The van der Waals surface area contributed by atoms with Crippen molar-refractivity contribution in [1.29, 1.82) is 0 Å². The number of hydrogen-bond acceptors (Lipinski definition) is 5. The molecule has 0 aromatic heterocycles. The fourth-order valence-electron chi connectivity index (χ4n) is 3.14. The smallest absolute Gasteiger partial charge is 0.269 e. The maximum atomic E-state index is 14.1. The van der Waals surface area contributed by atoms with Crippen LogP contribution in [0.5, 0.6) is 0 Å². The molecule has 9 heteroatoms. The highest BCUT2D eigenvalue weighted by Crippen LogP contribution is 2.31. The average molecular weight is 392 g/mol. The van der Waals surface area contributed by atoms with Crippen LogP contribution in [0.1, 0.15) is 27.6 Å². The standard InChI is InChI=1S/C18H17FN2O5S/c19-16-4-2-1-3-15(16)17-9-10-20(11-12-27(17,25)26)18(22)13-5-7-14(8-6-13)21(23)24/h1-8,17H,9-12H2. The zero-order valence-electron chi connectivity index (χ0n) is 14.2. The van der Waals surface area contributed by atoms with Gasteiger partial charge in [-0.15, -0.1) is 0 Å². The van der Waals surface area contributed by atoms with Crippen LogP contribution in [0.4, 0.5) is 10.1 Å². The summed E-state index contributed by atoms with van der Waals surface area (Å²) in [5.41, 5.74) is 0.217. The Morgan fingerprint density at radius 1 is 1.11 bits per heavy atom. The second kappa shape index (κ2) is 7.43. The number of nitro benzene ring substituents is 1. The highest BCUT2D eigenvalue weighted by Gasteiger charge is 2.34. The molecular formula is C18H17FN2O5S. The lowest BCUT2D eigenvalue weighted by molar-refractivity contribution is -0.384. The molecule has 7 nitrogen and oxygen atoms in total. The van der Waals surface area contributed by atoms with Gasteiger partial charge in [0.15, 0.2) is 9.84 Å². The summed E-state index contributed by atoms with van der Waals surface area (Å²) < 4.78 is 39.3. The van der Waals surface area contributed by atoms with Crippen LogP contribution in [0.25, 0.3) is 0 Å². The van der Waals surface area contributed by atoms with Gasteiger partial charge in [-0.25, -0.2) is 12.8 Å². The molecule has 1 heterocycles. The predicted octanol–water partition coefficient (Wildman–Crippen LogP) is 2.74. The number of non-ortho nitro benzene ring substituents is 1. The van der Waals surface area contributed by atoms with Gasteiger partial charge < -0.3 is 4.90 Å². The van der Waals surface area contributed by atoms with Crippen LogP contribution >= 0.6 is 0 Å². The summed E-state index contributed by atoms with van der Waals surface area (Å²) in [4.78, 5) is 24.2. The third-order valence-electron chi connectivity index (χ3n) is 4.60. The van der Waals surface area contributed by atoms with E-state index >= 15 is 0 Å². The van der Waals surface area contributed by atoms with E-state index in [-0.39, 0.29) is 42.1 Å². The van der Waals surface area contributed by atoms with Crippen LogP contribution in [-0.2, 0) is 9.84 Å². The van der Waals surface area contributed by atoms with Crippen molar-refractivity contribution in [2.24, 2.45) is 0 Å². The van der Waals surface area contributed by atoms with Gasteiger partial charge in [-0.1, -0.05) is 18.2 Å². The van der Waals surface area contributed by atoms with Gasteiger partial charge in [-0.05, 0) is 24.6 Å². The highest BCUT2D eigenvalue weighted by molar-refractivity contribution is 7.91. The Bertz CT molecular complexity index is 976. The monoisotopic (exact) mass is 392 g/mol. The maximum absolute atomic E-state index is 14.1. The van der Waals surface area contributed by atoms with Crippen LogP contribution in [0.2, 0.25) is 0 Å². The Hall–Kier alpha value is -2.81. The number of nitrogens with zero attached hydrogens (tertiary/aromatic N) is 2. The summed E-state index contributed by atoms with van der Waals surface area (Å²) in [5.74, 6) is -1.26. The van der Waals surface area contributed by atoms with Crippen LogP contribution < -0.4 is 0 Å². The van der Waals surface area contributed by atoms with Crippen LogP contribution in [-0.4, -0.2) is 43.0 Å². The normalized spacial score (nSPS) is 19.3. The second-order valence-corrected chi connectivity index (χ2v) is 8.57. The molecule has 1 amide bonds. The Labute approximate surface area is 155 Å². The molecular weight excluding hydrogens is 375 g/mol. The van der Waals surface area contributed by atoms with Gasteiger partial charge in [0.05, 0.1) is 15.9 Å². The number of sulfone groups is 1. The first-order valence-electron chi connectivity index (χ1n) is 8.29. The van der Waals surface area contributed by atoms with Crippen molar-refractivity contribution in [3.8, 4) is 0 Å². The Kier molecular flexibility index (Phi) is 5.22. The lowest BCUT2D eigenvalue weighted by Crippen LogP contribution is -2.33. The number of nitro groups is 1. The summed E-state index contributed by atoms with van der Waals surface area (Å²) in [6, 6.07) is 10.9. The molecule has 1 saturated heterocycles. The first-order valence-corrected chi connectivity index (χ1v) is 10.0. The molecule has 1 atom stereocenters. The zero-order chi connectivity index (χ0) is 19.6. The van der Waals surface area contributed by atoms with Crippen LogP contribution in [0, 0.1) is 15.9 Å². The zero-order valence-corrected chi connectivity index (χ0v) is 15.1. The first kappa shape index (κ1) is 19.0. The highest BCUT2D eigenvalue weighted by atomic mass is 32.2. The summed E-state index contributed by atoms with van der Waals surface area (Å²) >= 11 is 0. The third-order valence-corrected chi connectivity index (χ3v) is 6.71. The summed E-state index contributed by atoms with van der Waals surface area (Å²) in [5, 5.41) is 9.71. The molecule has 0 radical (unpaired) electrons. The van der Waals surface area contributed by atoms with E-state index < -0.39 is 31.7 Å². The predicted molar refractivity (Wildman–Crippen MR) is 96.5 cm³/mol. The molecule has 0 bridgehead atoms.